The van der Waals surface area contributed by atoms with Gasteiger partial charge in [-0.25, -0.2) is 9.97 Å². The third-order valence-electron chi connectivity index (χ3n) is 6.08. The lowest BCUT2D eigenvalue weighted by Crippen LogP contribution is -2.09. The van der Waals surface area contributed by atoms with E-state index >= 15 is 0 Å². The van der Waals surface area contributed by atoms with Crippen LogP contribution in [0.1, 0.15) is 52.4 Å². The molecule has 0 amide bonds. The van der Waals surface area contributed by atoms with Crippen LogP contribution in [0.15, 0.2) is 30.5 Å². The lowest BCUT2D eigenvalue weighted by Gasteiger charge is -2.21. The topological polar surface area (TPSA) is 78.9 Å². The highest BCUT2D eigenvalue weighted by Crippen LogP contribution is 2.41. The molecule has 1 aliphatic heterocycles. The zero-order chi connectivity index (χ0) is 22.6. The summed E-state index contributed by atoms with van der Waals surface area (Å²) < 4.78 is 8.41. The fourth-order valence-corrected chi connectivity index (χ4v) is 5.48. The quantitative estimate of drug-likeness (QED) is 0.424. The van der Waals surface area contributed by atoms with Crippen molar-refractivity contribution in [3.63, 3.8) is 0 Å². The van der Waals surface area contributed by atoms with E-state index in [-0.39, 0.29) is 6.10 Å². The predicted octanol–water partition coefficient (Wildman–Crippen LogP) is 5.41. The van der Waals surface area contributed by atoms with E-state index in [4.69, 9.17) is 20.6 Å². The van der Waals surface area contributed by atoms with E-state index in [0.717, 1.165) is 57.2 Å². The molecule has 2 bridgehead atoms. The zero-order valence-corrected chi connectivity index (χ0v) is 19.9. The molecule has 0 radical (unpaired) electrons. The van der Waals surface area contributed by atoms with Crippen molar-refractivity contribution in [1.82, 2.24) is 19.7 Å². The van der Waals surface area contributed by atoms with Crippen LogP contribution in [0.2, 0.25) is 0 Å². The molecule has 4 heterocycles. The summed E-state index contributed by atoms with van der Waals surface area (Å²) in [6, 6.07) is 8.49. The number of rotatable bonds is 1. The molecule has 0 saturated heterocycles. The van der Waals surface area contributed by atoms with Crippen molar-refractivity contribution < 1.29 is 4.74 Å². The second kappa shape index (κ2) is 7.74. The second-order valence-corrected chi connectivity index (χ2v) is 9.67. The molecule has 164 valence electrons. The number of thiazole rings is 1. The molecule has 2 N–H and O–H groups in total. The van der Waals surface area contributed by atoms with Crippen LogP contribution in [0.5, 0.6) is 5.75 Å². The monoisotopic (exact) mass is 445 g/mol. The largest absolute Gasteiger partial charge is 0.482 e. The highest BCUT2D eigenvalue weighted by molar-refractivity contribution is 7.12. The van der Waals surface area contributed by atoms with Gasteiger partial charge in [-0.05, 0) is 33.3 Å². The van der Waals surface area contributed by atoms with Gasteiger partial charge in [-0.15, -0.1) is 11.3 Å². The van der Waals surface area contributed by atoms with Crippen molar-refractivity contribution in [1.29, 1.82) is 0 Å². The molecule has 6 nitrogen and oxygen atoms in total. The van der Waals surface area contributed by atoms with E-state index in [9.17, 15) is 0 Å². The Morgan fingerprint density at radius 2 is 2.06 bits per heavy atom. The van der Waals surface area contributed by atoms with Gasteiger partial charge in [0.15, 0.2) is 11.6 Å². The van der Waals surface area contributed by atoms with Crippen LogP contribution in [0.3, 0.4) is 0 Å². The van der Waals surface area contributed by atoms with Crippen molar-refractivity contribution in [2.75, 3.05) is 5.73 Å². The summed E-state index contributed by atoms with van der Waals surface area (Å²) in [5.41, 5.74) is 14.9. The van der Waals surface area contributed by atoms with Crippen LogP contribution in [-0.4, -0.2) is 19.7 Å². The number of pyridine rings is 1. The minimum Gasteiger partial charge on any atom is -0.482 e. The summed E-state index contributed by atoms with van der Waals surface area (Å²) >= 11 is 1.75. The Labute approximate surface area is 192 Å². The SMILES string of the molecule is CCc1nn(C)c2c1-c1cnc(N)c(c1)O[C@H](C)c1cc(C)ccc1-c1nc(C)sc1C2. The molecule has 0 aliphatic carbocycles. The Balaban J connectivity index is 1.84. The third kappa shape index (κ3) is 3.37. The Morgan fingerprint density at radius 1 is 1.25 bits per heavy atom. The summed E-state index contributed by atoms with van der Waals surface area (Å²) in [5.74, 6) is 0.982. The van der Waals surface area contributed by atoms with Crippen molar-refractivity contribution in [2.24, 2.45) is 7.05 Å². The van der Waals surface area contributed by atoms with Gasteiger partial charge in [-0.1, -0.05) is 30.7 Å². The van der Waals surface area contributed by atoms with Crippen molar-refractivity contribution in [2.45, 2.75) is 46.6 Å². The number of anilines is 1. The van der Waals surface area contributed by atoms with E-state index in [1.54, 1.807) is 11.3 Å². The first kappa shape index (κ1) is 20.7. The van der Waals surface area contributed by atoms with E-state index in [1.165, 1.54) is 10.4 Å². The van der Waals surface area contributed by atoms with Crippen molar-refractivity contribution >= 4 is 17.2 Å². The van der Waals surface area contributed by atoms with E-state index in [0.29, 0.717) is 11.6 Å². The number of hydrogen-bond donors (Lipinski definition) is 1. The van der Waals surface area contributed by atoms with Gasteiger partial charge in [0.25, 0.3) is 0 Å². The molecule has 3 aromatic heterocycles. The number of ether oxygens (including phenoxy) is 1. The summed E-state index contributed by atoms with van der Waals surface area (Å²) in [6.45, 7) is 8.35. The number of nitrogens with two attached hydrogens (primary N) is 1. The Kier molecular flexibility index (Phi) is 5.01. The number of benzene rings is 1. The van der Waals surface area contributed by atoms with Crippen LogP contribution >= 0.6 is 11.3 Å². The first-order chi connectivity index (χ1) is 15.4. The maximum atomic E-state index is 6.42. The van der Waals surface area contributed by atoms with Crippen LogP contribution in [0.4, 0.5) is 5.82 Å². The first-order valence-corrected chi connectivity index (χ1v) is 11.7. The lowest BCUT2D eigenvalue weighted by atomic mass is 9.95. The molecular weight excluding hydrogens is 418 g/mol. The van der Waals surface area contributed by atoms with Gasteiger partial charge >= 0.3 is 0 Å². The van der Waals surface area contributed by atoms with Gasteiger partial charge < -0.3 is 10.5 Å². The number of fused-ring (bicyclic) bond motifs is 7. The summed E-state index contributed by atoms with van der Waals surface area (Å²) in [5, 5.41) is 5.88. The normalized spacial score (nSPS) is 15.1. The molecule has 0 spiro atoms. The molecule has 32 heavy (non-hydrogen) atoms. The average Bonchev–Trinajstić information content (AvgIpc) is 3.28. The zero-order valence-electron chi connectivity index (χ0n) is 19.1. The van der Waals surface area contributed by atoms with Gasteiger partial charge in [0.2, 0.25) is 0 Å². The Hall–Kier alpha value is -3.19. The summed E-state index contributed by atoms with van der Waals surface area (Å²) in [4.78, 5) is 10.7. The fourth-order valence-electron chi connectivity index (χ4n) is 4.53. The number of nitrogen functional groups attached to an aromatic ring is 1. The van der Waals surface area contributed by atoms with Crippen LogP contribution in [0.25, 0.3) is 22.4 Å². The molecular formula is C25H27N5OS. The van der Waals surface area contributed by atoms with Crippen LogP contribution in [0, 0.1) is 13.8 Å². The van der Waals surface area contributed by atoms with Gasteiger partial charge in [0.05, 0.1) is 22.1 Å². The molecule has 1 aliphatic rings. The van der Waals surface area contributed by atoms with E-state index < -0.39 is 0 Å². The van der Waals surface area contributed by atoms with E-state index in [2.05, 4.69) is 50.9 Å². The molecule has 4 aromatic rings. The van der Waals surface area contributed by atoms with Gasteiger partial charge in [0, 0.05) is 46.8 Å². The molecule has 7 heteroatoms. The van der Waals surface area contributed by atoms with Gasteiger partial charge in [-0.3, -0.25) is 4.68 Å². The molecule has 5 rings (SSSR count). The molecule has 0 saturated carbocycles. The van der Waals surface area contributed by atoms with E-state index in [1.807, 2.05) is 24.0 Å². The summed E-state index contributed by atoms with van der Waals surface area (Å²) in [7, 11) is 2.01. The van der Waals surface area contributed by atoms with Gasteiger partial charge in [0.1, 0.15) is 6.10 Å². The lowest BCUT2D eigenvalue weighted by molar-refractivity contribution is 0.228. The second-order valence-electron chi connectivity index (χ2n) is 8.39. The van der Waals surface area contributed by atoms with Crippen molar-refractivity contribution in [3.8, 4) is 28.1 Å². The highest BCUT2D eigenvalue weighted by atomic mass is 32.1. The van der Waals surface area contributed by atoms with Crippen molar-refractivity contribution in [3.05, 3.63) is 62.9 Å². The average molecular weight is 446 g/mol. The number of aromatic nitrogens is 4. The molecule has 0 unspecified atom stereocenters. The first-order valence-electron chi connectivity index (χ1n) is 10.9. The van der Waals surface area contributed by atoms with Crippen LogP contribution < -0.4 is 10.5 Å². The minimum atomic E-state index is -0.211. The minimum absolute atomic E-state index is 0.211. The fraction of sp³-hybridized carbons (Fsp3) is 0.320. The maximum absolute atomic E-state index is 6.42. The predicted molar refractivity (Wildman–Crippen MR) is 129 cm³/mol. The smallest absolute Gasteiger partial charge is 0.166 e. The molecule has 1 aromatic carbocycles. The standard InChI is InChI=1S/C25H27N5OS/c1-6-19-23-16-10-21(25(26)27-12-16)31-14(3)18-9-13(2)7-8-17(18)24-22(32-15(4)28-24)11-20(23)30(5)29-19/h7-10,12,14H,6,11H2,1-5H3,(H2,26,27)/t14-/m1/s1. The Bertz CT molecular complexity index is 1340. The number of aryl methyl sites for hydroxylation is 4. The highest BCUT2D eigenvalue weighted by Gasteiger charge is 2.25. The maximum Gasteiger partial charge on any atom is 0.166 e. The molecule has 0 fully saturated rings. The van der Waals surface area contributed by atoms with Crippen LogP contribution in [-0.2, 0) is 19.9 Å². The third-order valence-corrected chi connectivity index (χ3v) is 7.05. The number of hydrogen-bond acceptors (Lipinski definition) is 6. The Morgan fingerprint density at radius 3 is 2.84 bits per heavy atom. The number of nitrogens with zero attached hydrogens (tertiary/aromatic N) is 4. The molecule has 1 atom stereocenters. The summed E-state index contributed by atoms with van der Waals surface area (Å²) in [6.07, 6.45) is 3.20. The van der Waals surface area contributed by atoms with Gasteiger partial charge in [-0.2, -0.15) is 5.10 Å².